The summed E-state index contributed by atoms with van der Waals surface area (Å²) >= 11 is 8.91. The molecule has 0 aliphatic rings. The van der Waals surface area contributed by atoms with Crippen LogP contribution in [0.5, 0.6) is 0 Å². The SMILES string of the molecule is O=C(NCc1ccnc(Cl)c1)c1cc(C(=O)NCc2ccc(F)c(Br)c2)ncn1. The highest BCUT2D eigenvalue weighted by molar-refractivity contribution is 9.10. The fourth-order valence-electron chi connectivity index (χ4n) is 2.35. The number of carbonyl (C=O) groups excluding carboxylic acids is 2. The molecule has 2 heterocycles. The molecule has 0 fully saturated rings. The van der Waals surface area contributed by atoms with Crippen LogP contribution in [-0.4, -0.2) is 26.8 Å². The summed E-state index contributed by atoms with van der Waals surface area (Å²) in [6, 6.07) is 9.08. The van der Waals surface area contributed by atoms with Gasteiger partial charge in [-0.05, 0) is 51.3 Å². The molecule has 3 aromatic rings. The minimum absolute atomic E-state index is 0.0401. The number of aromatic nitrogens is 3. The molecule has 0 bridgehead atoms. The van der Waals surface area contributed by atoms with Crippen molar-refractivity contribution in [1.82, 2.24) is 25.6 Å². The standard InChI is InChI=1S/C19H14BrClFN5O2/c20-13-5-11(1-2-14(13)22)8-24-18(28)15-7-16(27-10-26-15)19(29)25-9-12-3-4-23-17(21)6-12/h1-7,10H,8-9H2,(H,24,28)(H,25,29). The van der Waals surface area contributed by atoms with Gasteiger partial charge in [0.25, 0.3) is 11.8 Å². The zero-order valence-corrected chi connectivity index (χ0v) is 17.2. The quantitative estimate of drug-likeness (QED) is 0.530. The lowest BCUT2D eigenvalue weighted by Crippen LogP contribution is -2.27. The number of benzene rings is 1. The molecular weight excluding hydrogens is 465 g/mol. The molecule has 10 heteroatoms. The fourth-order valence-corrected chi connectivity index (χ4v) is 2.98. The first-order valence-electron chi connectivity index (χ1n) is 8.35. The molecule has 1 aromatic carbocycles. The van der Waals surface area contributed by atoms with Crippen LogP contribution in [0.25, 0.3) is 0 Å². The van der Waals surface area contributed by atoms with Gasteiger partial charge in [0, 0.05) is 25.4 Å². The van der Waals surface area contributed by atoms with Gasteiger partial charge in [-0.25, -0.2) is 19.3 Å². The molecule has 0 spiro atoms. The van der Waals surface area contributed by atoms with Gasteiger partial charge in [0.2, 0.25) is 0 Å². The highest BCUT2D eigenvalue weighted by Gasteiger charge is 2.13. The lowest BCUT2D eigenvalue weighted by Gasteiger charge is -2.08. The van der Waals surface area contributed by atoms with Gasteiger partial charge in [0.15, 0.2) is 0 Å². The van der Waals surface area contributed by atoms with Gasteiger partial charge in [-0.1, -0.05) is 17.7 Å². The summed E-state index contributed by atoms with van der Waals surface area (Å²) in [4.78, 5) is 36.3. The van der Waals surface area contributed by atoms with Gasteiger partial charge in [0.1, 0.15) is 28.7 Å². The van der Waals surface area contributed by atoms with E-state index in [9.17, 15) is 14.0 Å². The maximum absolute atomic E-state index is 13.3. The summed E-state index contributed by atoms with van der Waals surface area (Å²) < 4.78 is 13.6. The second kappa shape index (κ2) is 9.53. The Morgan fingerprint density at radius 3 is 2.14 bits per heavy atom. The van der Waals surface area contributed by atoms with Crippen molar-refractivity contribution < 1.29 is 14.0 Å². The Hall–Kier alpha value is -2.91. The molecule has 0 atom stereocenters. The number of hydrogen-bond donors (Lipinski definition) is 2. The van der Waals surface area contributed by atoms with E-state index in [0.717, 1.165) is 11.9 Å². The molecular formula is C19H14BrClFN5O2. The van der Waals surface area contributed by atoms with Crippen LogP contribution in [-0.2, 0) is 13.1 Å². The number of amides is 2. The normalized spacial score (nSPS) is 10.4. The molecule has 7 nitrogen and oxygen atoms in total. The summed E-state index contributed by atoms with van der Waals surface area (Å²) in [6.07, 6.45) is 2.68. The molecule has 0 unspecified atom stereocenters. The van der Waals surface area contributed by atoms with Crippen molar-refractivity contribution in [2.75, 3.05) is 0 Å². The third-order valence-electron chi connectivity index (χ3n) is 3.81. The van der Waals surface area contributed by atoms with E-state index in [4.69, 9.17) is 11.6 Å². The van der Waals surface area contributed by atoms with Crippen molar-refractivity contribution in [3.05, 3.63) is 86.9 Å². The number of pyridine rings is 1. The average Bonchev–Trinajstić information content (AvgIpc) is 2.72. The van der Waals surface area contributed by atoms with Gasteiger partial charge < -0.3 is 10.6 Å². The van der Waals surface area contributed by atoms with Gasteiger partial charge >= 0.3 is 0 Å². The number of nitrogens with zero attached hydrogens (tertiary/aromatic N) is 3. The topological polar surface area (TPSA) is 96.9 Å². The van der Waals surface area contributed by atoms with E-state index in [0.29, 0.717) is 15.2 Å². The lowest BCUT2D eigenvalue weighted by molar-refractivity contribution is 0.0944. The Morgan fingerprint density at radius 2 is 1.55 bits per heavy atom. The Bertz CT molecular complexity index is 1070. The van der Waals surface area contributed by atoms with Crippen LogP contribution in [0.15, 0.2) is 53.4 Å². The van der Waals surface area contributed by atoms with E-state index in [-0.39, 0.29) is 30.3 Å². The second-order valence-electron chi connectivity index (χ2n) is 5.89. The molecule has 3 rings (SSSR count). The fraction of sp³-hybridized carbons (Fsp3) is 0.105. The summed E-state index contributed by atoms with van der Waals surface area (Å²) in [5.74, 6) is -1.33. The van der Waals surface area contributed by atoms with E-state index in [1.165, 1.54) is 18.3 Å². The predicted octanol–water partition coefficient (Wildman–Crippen LogP) is 3.29. The Morgan fingerprint density at radius 1 is 0.931 bits per heavy atom. The molecule has 2 amide bonds. The first-order valence-corrected chi connectivity index (χ1v) is 9.52. The maximum Gasteiger partial charge on any atom is 0.270 e. The smallest absolute Gasteiger partial charge is 0.270 e. The highest BCUT2D eigenvalue weighted by Crippen LogP contribution is 2.16. The minimum Gasteiger partial charge on any atom is -0.347 e. The molecule has 2 N–H and O–H groups in total. The van der Waals surface area contributed by atoms with Crippen LogP contribution < -0.4 is 10.6 Å². The zero-order valence-electron chi connectivity index (χ0n) is 14.8. The molecule has 0 aliphatic heterocycles. The summed E-state index contributed by atoms with van der Waals surface area (Å²) in [7, 11) is 0. The number of halogens is 3. The van der Waals surface area contributed by atoms with Crippen LogP contribution in [0.1, 0.15) is 32.1 Å². The molecule has 0 saturated heterocycles. The third kappa shape index (κ3) is 5.78. The van der Waals surface area contributed by atoms with Crippen LogP contribution in [0.2, 0.25) is 5.15 Å². The predicted molar refractivity (Wildman–Crippen MR) is 108 cm³/mol. The highest BCUT2D eigenvalue weighted by atomic mass is 79.9. The number of carbonyl (C=O) groups is 2. The Labute approximate surface area is 178 Å². The van der Waals surface area contributed by atoms with E-state index in [1.54, 1.807) is 24.3 Å². The molecule has 148 valence electrons. The van der Waals surface area contributed by atoms with E-state index in [2.05, 4.69) is 41.5 Å². The van der Waals surface area contributed by atoms with Gasteiger partial charge in [-0.3, -0.25) is 9.59 Å². The average molecular weight is 479 g/mol. The van der Waals surface area contributed by atoms with Crippen molar-refractivity contribution in [3.63, 3.8) is 0 Å². The van der Waals surface area contributed by atoms with Gasteiger partial charge in [-0.2, -0.15) is 0 Å². The Kier molecular flexibility index (Phi) is 6.84. The molecule has 2 aromatic heterocycles. The van der Waals surface area contributed by atoms with Gasteiger partial charge in [-0.15, -0.1) is 0 Å². The van der Waals surface area contributed by atoms with Crippen LogP contribution in [0.3, 0.4) is 0 Å². The van der Waals surface area contributed by atoms with Crippen molar-refractivity contribution >= 4 is 39.3 Å². The summed E-state index contributed by atoms with van der Waals surface area (Å²) in [5.41, 5.74) is 1.57. The summed E-state index contributed by atoms with van der Waals surface area (Å²) in [6.45, 7) is 0.401. The number of rotatable bonds is 6. The van der Waals surface area contributed by atoms with Gasteiger partial charge in [0.05, 0.1) is 4.47 Å². The van der Waals surface area contributed by atoms with Crippen molar-refractivity contribution in [3.8, 4) is 0 Å². The summed E-state index contributed by atoms with van der Waals surface area (Å²) in [5, 5.41) is 5.68. The van der Waals surface area contributed by atoms with Crippen LogP contribution >= 0.6 is 27.5 Å². The van der Waals surface area contributed by atoms with Crippen molar-refractivity contribution in [2.24, 2.45) is 0 Å². The molecule has 0 saturated carbocycles. The van der Waals surface area contributed by atoms with E-state index in [1.807, 2.05) is 0 Å². The first-order chi connectivity index (χ1) is 13.9. The second-order valence-corrected chi connectivity index (χ2v) is 7.13. The zero-order chi connectivity index (χ0) is 20.8. The largest absolute Gasteiger partial charge is 0.347 e. The van der Waals surface area contributed by atoms with Crippen LogP contribution in [0.4, 0.5) is 4.39 Å². The number of nitrogens with one attached hydrogen (secondary N) is 2. The lowest BCUT2D eigenvalue weighted by atomic mass is 10.2. The van der Waals surface area contributed by atoms with E-state index < -0.39 is 11.8 Å². The van der Waals surface area contributed by atoms with Crippen LogP contribution in [0, 0.1) is 5.82 Å². The van der Waals surface area contributed by atoms with Crippen molar-refractivity contribution in [2.45, 2.75) is 13.1 Å². The Balaban J connectivity index is 1.61. The minimum atomic E-state index is -0.484. The third-order valence-corrected chi connectivity index (χ3v) is 4.63. The molecule has 0 radical (unpaired) electrons. The first kappa shape index (κ1) is 20.8. The monoisotopic (exact) mass is 477 g/mol. The molecule has 29 heavy (non-hydrogen) atoms. The van der Waals surface area contributed by atoms with E-state index >= 15 is 0 Å². The van der Waals surface area contributed by atoms with Crippen molar-refractivity contribution in [1.29, 1.82) is 0 Å². The molecule has 0 aliphatic carbocycles. The maximum atomic E-state index is 13.3. The number of hydrogen-bond acceptors (Lipinski definition) is 5.